The minimum Gasteiger partial charge on any atom is -0.352 e. The van der Waals surface area contributed by atoms with Gasteiger partial charge in [-0.1, -0.05) is 11.6 Å². The largest absolute Gasteiger partial charge is 0.352 e. The lowest BCUT2D eigenvalue weighted by Crippen LogP contribution is -2.25. The van der Waals surface area contributed by atoms with Crippen molar-refractivity contribution in [2.24, 2.45) is 0 Å². The van der Waals surface area contributed by atoms with E-state index in [1.807, 2.05) is 0 Å². The Labute approximate surface area is 114 Å². The molecule has 0 aliphatic rings. The first-order valence-electron chi connectivity index (χ1n) is 5.34. The molecule has 98 valence electrons. The highest BCUT2D eigenvalue weighted by Crippen LogP contribution is 2.22. The molecule has 18 heavy (non-hydrogen) atoms. The molecule has 0 aromatic heterocycles. The first kappa shape index (κ1) is 14.7. The highest BCUT2D eigenvalue weighted by atomic mass is 35.5. The molecule has 1 aromatic rings. The quantitative estimate of drug-likeness (QED) is 0.379. The molecule has 7 heteroatoms. The zero-order valence-corrected chi connectivity index (χ0v) is 11.0. The van der Waals surface area contributed by atoms with Gasteiger partial charge in [0.25, 0.3) is 11.6 Å². The molecule has 1 N–H and O–H groups in total. The van der Waals surface area contributed by atoms with Crippen LogP contribution in [0.1, 0.15) is 23.2 Å². The Kier molecular flexibility index (Phi) is 5.88. The van der Waals surface area contributed by atoms with Crippen LogP contribution in [-0.4, -0.2) is 23.3 Å². The molecule has 0 heterocycles. The average molecular weight is 291 g/mol. The van der Waals surface area contributed by atoms with Gasteiger partial charge in [0.15, 0.2) is 0 Å². The summed E-state index contributed by atoms with van der Waals surface area (Å²) in [5.41, 5.74) is -0.285. The Hall–Kier alpha value is -1.33. The number of carbonyl (C=O) groups is 1. The van der Waals surface area contributed by atoms with E-state index in [0.29, 0.717) is 12.4 Å². The molecule has 0 fully saturated rings. The van der Waals surface area contributed by atoms with E-state index in [4.69, 9.17) is 23.2 Å². The van der Waals surface area contributed by atoms with E-state index >= 15 is 0 Å². The van der Waals surface area contributed by atoms with E-state index < -0.39 is 10.8 Å². The summed E-state index contributed by atoms with van der Waals surface area (Å²) in [6.45, 7) is 0.426. The molecule has 1 rings (SSSR count). The van der Waals surface area contributed by atoms with E-state index in [2.05, 4.69) is 5.32 Å². The van der Waals surface area contributed by atoms with E-state index in [-0.39, 0.29) is 16.3 Å². The Morgan fingerprint density at radius 2 is 2.11 bits per heavy atom. The minimum absolute atomic E-state index is 0.0293. The fraction of sp³-hybridized carbons (Fsp3) is 0.364. The summed E-state index contributed by atoms with van der Waals surface area (Å²) in [7, 11) is 0. The van der Waals surface area contributed by atoms with Gasteiger partial charge in [-0.05, 0) is 25.0 Å². The Morgan fingerprint density at radius 1 is 1.39 bits per heavy atom. The summed E-state index contributed by atoms with van der Waals surface area (Å²) >= 11 is 11.2. The van der Waals surface area contributed by atoms with E-state index in [0.717, 1.165) is 12.8 Å². The van der Waals surface area contributed by atoms with Crippen molar-refractivity contribution in [1.29, 1.82) is 0 Å². The summed E-state index contributed by atoms with van der Waals surface area (Å²) in [4.78, 5) is 21.9. The van der Waals surface area contributed by atoms with Crippen molar-refractivity contribution in [1.82, 2.24) is 5.32 Å². The highest BCUT2D eigenvalue weighted by molar-refractivity contribution is 6.31. The van der Waals surface area contributed by atoms with Crippen molar-refractivity contribution in [2.75, 3.05) is 12.4 Å². The van der Waals surface area contributed by atoms with Gasteiger partial charge in [0.1, 0.15) is 5.56 Å². The van der Waals surface area contributed by atoms with Crippen molar-refractivity contribution in [3.05, 3.63) is 38.9 Å². The fourth-order valence-electron chi connectivity index (χ4n) is 1.37. The molecule has 0 spiro atoms. The number of carbonyl (C=O) groups excluding carboxylic acids is 1. The third-order valence-electron chi connectivity index (χ3n) is 2.25. The van der Waals surface area contributed by atoms with Crippen molar-refractivity contribution in [3.63, 3.8) is 0 Å². The van der Waals surface area contributed by atoms with Gasteiger partial charge in [-0.25, -0.2) is 0 Å². The van der Waals surface area contributed by atoms with Crippen LogP contribution in [-0.2, 0) is 0 Å². The van der Waals surface area contributed by atoms with Crippen LogP contribution < -0.4 is 5.32 Å². The summed E-state index contributed by atoms with van der Waals surface area (Å²) < 4.78 is 0. The van der Waals surface area contributed by atoms with Gasteiger partial charge in [0.2, 0.25) is 0 Å². The minimum atomic E-state index is -0.607. The number of halogens is 2. The van der Waals surface area contributed by atoms with Gasteiger partial charge in [-0.15, -0.1) is 11.6 Å². The number of alkyl halides is 1. The number of nitrogens with one attached hydrogen (secondary N) is 1. The second-order valence-electron chi connectivity index (χ2n) is 3.57. The average Bonchev–Trinajstić information content (AvgIpc) is 2.34. The smallest absolute Gasteiger partial charge is 0.282 e. The molecule has 0 aliphatic heterocycles. The van der Waals surface area contributed by atoms with Crippen molar-refractivity contribution in [3.8, 4) is 0 Å². The van der Waals surface area contributed by atoms with E-state index in [1.54, 1.807) is 0 Å². The highest BCUT2D eigenvalue weighted by Gasteiger charge is 2.19. The molecule has 1 amide bonds. The van der Waals surface area contributed by atoms with Crippen LogP contribution in [0.15, 0.2) is 18.2 Å². The summed E-state index contributed by atoms with van der Waals surface area (Å²) in [6.07, 6.45) is 1.50. The number of nitro benzene ring substituents is 1. The van der Waals surface area contributed by atoms with Crippen LogP contribution >= 0.6 is 23.2 Å². The second-order valence-corrected chi connectivity index (χ2v) is 4.38. The molecule has 0 aliphatic carbocycles. The molecule has 0 saturated heterocycles. The van der Waals surface area contributed by atoms with Crippen molar-refractivity contribution < 1.29 is 9.72 Å². The number of nitrogens with zero attached hydrogens (tertiary/aromatic N) is 1. The van der Waals surface area contributed by atoms with Gasteiger partial charge in [-0.2, -0.15) is 0 Å². The van der Waals surface area contributed by atoms with Crippen LogP contribution in [0.3, 0.4) is 0 Å². The topological polar surface area (TPSA) is 72.2 Å². The third kappa shape index (κ3) is 4.16. The van der Waals surface area contributed by atoms with Crippen molar-refractivity contribution >= 4 is 34.8 Å². The first-order valence-corrected chi connectivity index (χ1v) is 6.25. The van der Waals surface area contributed by atoms with Crippen LogP contribution in [0.4, 0.5) is 5.69 Å². The lowest BCUT2D eigenvalue weighted by atomic mass is 10.1. The van der Waals surface area contributed by atoms with E-state index in [1.165, 1.54) is 18.2 Å². The summed E-state index contributed by atoms with van der Waals surface area (Å²) in [5.74, 6) is 0.0199. The standard InChI is InChI=1S/C11H12Cl2N2O3/c12-5-1-2-6-14-11(16)9-7-8(13)3-4-10(9)15(17)18/h3-4,7H,1-2,5-6H2,(H,14,16). The third-order valence-corrected chi connectivity index (χ3v) is 2.75. The van der Waals surface area contributed by atoms with Crippen LogP contribution in [0.2, 0.25) is 5.02 Å². The number of amides is 1. The SMILES string of the molecule is O=C(NCCCCCl)c1cc(Cl)ccc1[N+](=O)[O-]. The lowest BCUT2D eigenvalue weighted by molar-refractivity contribution is -0.385. The number of benzene rings is 1. The number of unbranched alkanes of at least 4 members (excludes halogenated alkanes) is 1. The maximum atomic E-state index is 11.8. The monoisotopic (exact) mass is 290 g/mol. The van der Waals surface area contributed by atoms with Crippen LogP contribution in [0.25, 0.3) is 0 Å². The van der Waals surface area contributed by atoms with Gasteiger partial charge in [0, 0.05) is 23.5 Å². The molecular weight excluding hydrogens is 279 g/mol. The molecule has 5 nitrogen and oxygen atoms in total. The van der Waals surface area contributed by atoms with Crippen molar-refractivity contribution in [2.45, 2.75) is 12.8 Å². The molecule has 0 bridgehead atoms. The molecule has 0 atom stereocenters. The second kappa shape index (κ2) is 7.18. The zero-order chi connectivity index (χ0) is 13.5. The predicted molar refractivity (Wildman–Crippen MR) is 70.4 cm³/mol. The van der Waals surface area contributed by atoms with Gasteiger partial charge >= 0.3 is 0 Å². The maximum Gasteiger partial charge on any atom is 0.282 e. The molecule has 0 saturated carbocycles. The fourth-order valence-corrected chi connectivity index (χ4v) is 1.73. The van der Waals surface area contributed by atoms with Gasteiger partial charge < -0.3 is 5.32 Å². The Balaban J connectivity index is 2.77. The molecular formula is C11H12Cl2N2O3. The maximum absolute atomic E-state index is 11.8. The van der Waals surface area contributed by atoms with Crippen LogP contribution in [0.5, 0.6) is 0 Å². The molecule has 1 aromatic carbocycles. The summed E-state index contributed by atoms with van der Waals surface area (Å²) in [5, 5.41) is 13.7. The number of hydrogen-bond donors (Lipinski definition) is 1. The first-order chi connectivity index (χ1) is 8.56. The van der Waals surface area contributed by atoms with Gasteiger partial charge in [-0.3, -0.25) is 14.9 Å². The van der Waals surface area contributed by atoms with E-state index in [9.17, 15) is 14.9 Å². The molecule has 0 radical (unpaired) electrons. The normalized spacial score (nSPS) is 10.1. The van der Waals surface area contributed by atoms with Gasteiger partial charge in [0.05, 0.1) is 4.92 Å². The zero-order valence-electron chi connectivity index (χ0n) is 9.49. The van der Waals surface area contributed by atoms with Crippen LogP contribution in [0, 0.1) is 10.1 Å². The predicted octanol–water partition coefficient (Wildman–Crippen LogP) is 3.00. The number of hydrogen-bond acceptors (Lipinski definition) is 3. The summed E-state index contributed by atoms with van der Waals surface area (Å²) in [6, 6.07) is 3.89. The number of rotatable bonds is 6. The Morgan fingerprint density at radius 3 is 2.72 bits per heavy atom. The lowest BCUT2D eigenvalue weighted by Gasteiger charge is -2.05. The Bertz CT molecular complexity index is 452. The number of nitro groups is 1. The molecule has 0 unspecified atom stereocenters.